The summed E-state index contributed by atoms with van der Waals surface area (Å²) in [5.41, 5.74) is -0.210. The van der Waals surface area contributed by atoms with E-state index in [0.29, 0.717) is 5.78 Å². The summed E-state index contributed by atoms with van der Waals surface area (Å²) in [5.74, 6) is 0.311. The molecule has 15 heavy (non-hydrogen) atoms. The summed E-state index contributed by atoms with van der Waals surface area (Å²) in [5, 5.41) is 0. The van der Waals surface area contributed by atoms with E-state index >= 15 is 0 Å². The molecule has 0 saturated carbocycles. The summed E-state index contributed by atoms with van der Waals surface area (Å²) in [6.45, 7) is 13.3. The Morgan fingerprint density at radius 1 is 1.20 bits per heavy atom. The van der Waals surface area contributed by atoms with E-state index in [1.165, 1.54) is 0 Å². The Bertz CT molecular complexity index is 278. The number of hydrogen-bond donors (Lipinski definition) is 0. The van der Waals surface area contributed by atoms with Crippen LogP contribution in [0.4, 0.5) is 0 Å². The van der Waals surface area contributed by atoms with Crippen LogP contribution in [0.25, 0.3) is 0 Å². The first-order chi connectivity index (χ1) is 6.64. The molecule has 0 bridgehead atoms. The molecule has 0 aromatic rings. The van der Waals surface area contributed by atoms with E-state index in [1.54, 1.807) is 0 Å². The van der Waals surface area contributed by atoms with Gasteiger partial charge in [0.15, 0.2) is 5.78 Å². The maximum atomic E-state index is 12.2. The number of Topliss-reactive ketones (excluding diaryl/α,β-unsaturated/α-hetero) is 1. The summed E-state index contributed by atoms with van der Waals surface area (Å²) in [6.07, 6.45) is 4.14. The quantitative estimate of drug-likeness (QED) is 0.619. The number of carbonyl (C=O) groups is 1. The average molecular weight is 209 g/mol. The zero-order chi connectivity index (χ0) is 11.9. The van der Waals surface area contributed by atoms with Crippen molar-refractivity contribution in [2.45, 2.75) is 53.1 Å². The number of carbonyl (C=O) groups excluding carboxylic acids is 1. The van der Waals surface area contributed by atoms with Gasteiger partial charge in [-0.1, -0.05) is 32.9 Å². The topological polar surface area (TPSA) is 20.3 Å². The van der Waals surface area contributed by atoms with Crippen LogP contribution in [0.15, 0.2) is 12.2 Å². The Labute approximate surface area is 93.3 Å². The standard InChI is InChI=1S/C13H23NO/c1-12(2,3)11(15)10-8-7-9-14(10)13(4,5)6/h7-8,10H,9H2,1-6H3. The van der Waals surface area contributed by atoms with Crippen LogP contribution in [0.1, 0.15) is 41.5 Å². The molecule has 0 amide bonds. The molecule has 1 aliphatic rings. The third-order valence-electron chi connectivity index (χ3n) is 2.83. The lowest BCUT2D eigenvalue weighted by Crippen LogP contribution is -2.50. The first kappa shape index (κ1) is 12.4. The highest BCUT2D eigenvalue weighted by atomic mass is 16.1. The van der Waals surface area contributed by atoms with Gasteiger partial charge in [-0.2, -0.15) is 0 Å². The lowest BCUT2D eigenvalue weighted by atomic mass is 9.85. The van der Waals surface area contributed by atoms with Crippen LogP contribution < -0.4 is 0 Å². The highest BCUT2D eigenvalue weighted by molar-refractivity contribution is 5.90. The van der Waals surface area contributed by atoms with Gasteiger partial charge < -0.3 is 0 Å². The highest BCUT2D eigenvalue weighted by Gasteiger charge is 2.38. The summed E-state index contributed by atoms with van der Waals surface area (Å²) >= 11 is 0. The predicted molar refractivity (Wildman–Crippen MR) is 63.8 cm³/mol. The number of hydrogen-bond acceptors (Lipinski definition) is 2. The van der Waals surface area contributed by atoms with Crippen LogP contribution in [-0.4, -0.2) is 28.8 Å². The average Bonchev–Trinajstić information content (AvgIpc) is 2.47. The summed E-state index contributed by atoms with van der Waals surface area (Å²) in [4.78, 5) is 14.5. The van der Waals surface area contributed by atoms with Crippen LogP contribution >= 0.6 is 0 Å². The van der Waals surface area contributed by atoms with Crippen LogP contribution in [-0.2, 0) is 4.79 Å². The monoisotopic (exact) mass is 209 g/mol. The van der Waals surface area contributed by atoms with Crippen molar-refractivity contribution in [1.29, 1.82) is 0 Å². The van der Waals surface area contributed by atoms with Crippen molar-refractivity contribution in [2.24, 2.45) is 5.41 Å². The molecule has 2 heteroatoms. The van der Waals surface area contributed by atoms with Gasteiger partial charge in [0.1, 0.15) is 0 Å². The summed E-state index contributed by atoms with van der Waals surface area (Å²) in [6, 6.07) is -0.0370. The van der Waals surface area contributed by atoms with Crippen molar-refractivity contribution < 1.29 is 4.79 Å². The van der Waals surface area contributed by atoms with Crippen molar-refractivity contribution >= 4 is 5.78 Å². The van der Waals surface area contributed by atoms with Gasteiger partial charge in [0, 0.05) is 17.5 Å². The summed E-state index contributed by atoms with van der Waals surface area (Å²) in [7, 11) is 0. The van der Waals surface area contributed by atoms with Crippen molar-refractivity contribution in [1.82, 2.24) is 4.90 Å². The van der Waals surface area contributed by atoms with Crippen molar-refractivity contribution in [2.75, 3.05) is 6.54 Å². The van der Waals surface area contributed by atoms with Gasteiger partial charge >= 0.3 is 0 Å². The Hall–Kier alpha value is -0.630. The zero-order valence-corrected chi connectivity index (χ0v) is 10.8. The van der Waals surface area contributed by atoms with Crippen LogP contribution in [0.2, 0.25) is 0 Å². The molecule has 0 aliphatic carbocycles. The third kappa shape index (κ3) is 2.69. The molecular formula is C13H23NO. The molecule has 0 aromatic heterocycles. The van der Waals surface area contributed by atoms with Gasteiger partial charge in [0.25, 0.3) is 0 Å². The molecule has 0 spiro atoms. The maximum absolute atomic E-state index is 12.2. The molecular weight excluding hydrogens is 186 g/mol. The number of rotatable bonds is 1. The second-order valence-electron chi connectivity index (χ2n) is 6.31. The van der Waals surface area contributed by atoms with Crippen molar-refractivity contribution in [3.8, 4) is 0 Å². The van der Waals surface area contributed by atoms with E-state index in [9.17, 15) is 4.79 Å². The van der Waals surface area contributed by atoms with Gasteiger partial charge in [-0.25, -0.2) is 0 Å². The number of nitrogens with zero attached hydrogens (tertiary/aromatic N) is 1. The highest BCUT2D eigenvalue weighted by Crippen LogP contribution is 2.28. The molecule has 1 heterocycles. The minimum atomic E-state index is -0.261. The first-order valence-electron chi connectivity index (χ1n) is 5.62. The molecule has 0 saturated heterocycles. The minimum Gasteiger partial charge on any atom is -0.297 e. The Kier molecular flexibility index (Phi) is 3.11. The lowest BCUT2D eigenvalue weighted by molar-refractivity contribution is -0.131. The molecule has 1 rings (SSSR count). The normalized spacial score (nSPS) is 23.5. The minimum absolute atomic E-state index is 0.0370. The largest absolute Gasteiger partial charge is 0.297 e. The second-order valence-corrected chi connectivity index (χ2v) is 6.31. The van der Waals surface area contributed by atoms with Crippen LogP contribution in [0, 0.1) is 5.41 Å². The summed E-state index contributed by atoms with van der Waals surface area (Å²) < 4.78 is 0. The van der Waals surface area contributed by atoms with E-state index in [1.807, 2.05) is 26.8 Å². The molecule has 1 unspecified atom stereocenters. The van der Waals surface area contributed by atoms with Gasteiger partial charge in [0.05, 0.1) is 6.04 Å². The Balaban J connectivity index is 2.87. The lowest BCUT2D eigenvalue weighted by Gasteiger charge is -2.38. The molecule has 0 N–H and O–H groups in total. The molecule has 1 atom stereocenters. The maximum Gasteiger partial charge on any atom is 0.159 e. The van der Waals surface area contributed by atoms with Gasteiger partial charge in [-0.05, 0) is 20.8 Å². The second kappa shape index (κ2) is 3.75. The van der Waals surface area contributed by atoms with E-state index in [2.05, 4.69) is 31.7 Å². The molecule has 1 aliphatic heterocycles. The number of ketones is 1. The molecule has 86 valence electrons. The smallest absolute Gasteiger partial charge is 0.159 e. The van der Waals surface area contributed by atoms with Crippen molar-refractivity contribution in [3.05, 3.63) is 12.2 Å². The zero-order valence-electron chi connectivity index (χ0n) is 10.8. The molecule has 0 fully saturated rings. The first-order valence-corrected chi connectivity index (χ1v) is 5.62. The Morgan fingerprint density at radius 2 is 1.73 bits per heavy atom. The Morgan fingerprint density at radius 3 is 2.13 bits per heavy atom. The molecule has 0 aromatic carbocycles. The van der Waals surface area contributed by atoms with E-state index < -0.39 is 0 Å². The third-order valence-corrected chi connectivity index (χ3v) is 2.83. The van der Waals surface area contributed by atoms with Crippen molar-refractivity contribution in [3.63, 3.8) is 0 Å². The van der Waals surface area contributed by atoms with Gasteiger partial charge in [0.2, 0.25) is 0 Å². The van der Waals surface area contributed by atoms with E-state index in [-0.39, 0.29) is 17.0 Å². The van der Waals surface area contributed by atoms with Gasteiger partial charge in [-0.15, -0.1) is 0 Å². The van der Waals surface area contributed by atoms with E-state index in [4.69, 9.17) is 0 Å². The predicted octanol–water partition coefficient (Wildman–Crippen LogP) is 2.64. The molecule has 0 radical (unpaired) electrons. The van der Waals surface area contributed by atoms with E-state index in [0.717, 1.165) is 6.54 Å². The fourth-order valence-corrected chi connectivity index (χ4v) is 1.88. The SMILES string of the molecule is CC(C)(C)C(=O)C1C=CCN1C(C)(C)C. The van der Waals surface area contributed by atoms with Gasteiger partial charge in [-0.3, -0.25) is 9.69 Å². The fraction of sp³-hybridized carbons (Fsp3) is 0.769. The van der Waals surface area contributed by atoms with Crippen LogP contribution in [0.5, 0.6) is 0 Å². The molecule has 2 nitrogen and oxygen atoms in total. The van der Waals surface area contributed by atoms with Crippen LogP contribution in [0.3, 0.4) is 0 Å². The fourth-order valence-electron chi connectivity index (χ4n) is 1.88.